The summed E-state index contributed by atoms with van der Waals surface area (Å²) in [4.78, 5) is 22.7. The van der Waals surface area contributed by atoms with Crippen molar-refractivity contribution in [2.24, 2.45) is 0 Å². The first kappa shape index (κ1) is 13.0. The molecule has 1 heterocycles. The Labute approximate surface area is 112 Å². The number of hydrogen-bond donors (Lipinski definition) is 2. The summed E-state index contributed by atoms with van der Waals surface area (Å²) in [5.74, 6) is -0.766. The van der Waals surface area contributed by atoms with E-state index >= 15 is 0 Å². The Morgan fingerprint density at radius 2 is 2.33 bits per heavy atom. The van der Waals surface area contributed by atoms with Gasteiger partial charge in [0.2, 0.25) is 11.8 Å². The molecule has 0 aliphatic carbocycles. The molecule has 96 valence electrons. The molecule has 1 atom stereocenters. The summed E-state index contributed by atoms with van der Waals surface area (Å²) in [5.41, 5.74) is 0.405. The number of rotatable bonds is 3. The van der Waals surface area contributed by atoms with Gasteiger partial charge in [0.25, 0.3) is 0 Å². The second kappa shape index (κ2) is 5.48. The summed E-state index contributed by atoms with van der Waals surface area (Å²) < 4.78 is 14.2. The van der Waals surface area contributed by atoms with Crippen molar-refractivity contribution in [3.05, 3.63) is 34.1 Å². The lowest BCUT2D eigenvalue weighted by molar-refractivity contribution is -0.125. The first-order chi connectivity index (χ1) is 8.56. The molecule has 1 fully saturated rings. The zero-order chi connectivity index (χ0) is 13.1. The average molecular weight is 315 g/mol. The molecule has 6 heteroatoms. The fourth-order valence-corrected chi connectivity index (χ4v) is 2.20. The highest BCUT2D eigenvalue weighted by Crippen LogP contribution is 2.15. The van der Waals surface area contributed by atoms with Crippen molar-refractivity contribution in [3.8, 4) is 0 Å². The third-order valence-corrected chi connectivity index (χ3v) is 3.27. The molecule has 0 radical (unpaired) electrons. The van der Waals surface area contributed by atoms with Crippen LogP contribution in [0.4, 0.5) is 4.39 Å². The van der Waals surface area contributed by atoms with E-state index in [2.05, 4.69) is 26.6 Å². The van der Waals surface area contributed by atoms with Gasteiger partial charge in [0, 0.05) is 23.0 Å². The Bertz CT molecular complexity index is 493. The van der Waals surface area contributed by atoms with E-state index in [1.54, 1.807) is 12.1 Å². The van der Waals surface area contributed by atoms with Crippen molar-refractivity contribution >= 4 is 27.7 Å². The summed E-state index contributed by atoms with van der Waals surface area (Å²) in [6, 6.07) is 4.05. The highest BCUT2D eigenvalue weighted by molar-refractivity contribution is 9.10. The zero-order valence-electron chi connectivity index (χ0n) is 9.50. The average Bonchev–Trinajstić information content (AvgIpc) is 2.77. The second-order valence-corrected chi connectivity index (χ2v) is 5.03. The van der Waals surface area contributed by atoms with Crippen molar-refractivity contribution in [2.75, 3.05) is 0 Å². The summed E-state index contributed by atoms with van der Waals surface area (Å²) in [6.07, 6.45) is 0.856. The van der Waals surface area contributed by atoms with Crippen LogP contribution in [-0.4, -0.2) is 17.9 Å². The van der Waals surface area contributed by atoms with Crippen LogP contribution in [0.5, 0.6) is 0 Å². The number of nitrogens with one attached hydrogen (secondary N) is 2. The van der Waals surface area contributed by atoms with Gasteiger partial charge >= 0.3 is 0 Å². The van der Waals surface area contributed by atoms with E-state index in [9.17, 15) is 14.0 Å². The Kier molecular flexibility index (Phi) is 3.96. The minimum absolute atomic E-state index is 0.108. The lowest BCUT2D eigenvalue weighted by Gasteiger charge is -2.11. The molecule has 1 aromatic carbocycles. The quantitative estimate of drug-likeness (QED) is 0.888. The van der Waals surface area contributed by atoms with E-state index in [-0.39, 0.29) is 24.2 Å². The minimum atomic E-state index is -0.493. The van der Waals surface area contributed by atoms with Crippen LogP contribution in [0.25, 0.3) is 0 Å². The summed E-state index contributed by atoms with van der Waals surface area (Å²) >= 11 is 3.24. The second-order valence-electron chi connectivity index (χ2n) is 4.11. The zero-order valence-corrected chi connectivity index (χ0v) is 11.1. The van der Waals surface area contributed by atoms with E-state index in [0.29, 0.717) is 18.4 Å². The lowest BCUT2D eigenvalue weighted by atomic mass is 10.2. The standard InChI is InChI=1S/C12H12BrFN2O2/c13-8-1-2-9(14)7(5-8)6-15-12(18)10-3-4-11(17)16-10/h1-2,5,10H,3-4,6H2,(H,15,18)(H,16,17). The van der Waals surface area contributed by atoms with Gasteiger partial charge in [-0.2, -0.15) is 0 Å². The SMILES string of the molecule is O=C1CCC(C(=O)NCc2cc(Br)ccc2F)N1. The van der Waals surface area contributed by atoms with E-state index in [0.717, 1.165) is 4.47 Å². The van der Waals surface area contributed by atoms with Gasteiger partial charge in [0.15, 0.2) is 0 Å². The largest absolute Gasteiger partial charge is 0.350 e. The topological polar surface area (TPSA) is 58.2 Å². The first-order valence-electron chi connectivity index (χ1n) is 5.57. The molecule has 4 nitrogen and oxygen atoms in total. The van der Waals surface area contributed by atoms with Gasteiger partial charge < -0.3 is 10.6 Å². The molecule has 1 aromatic rings. The third kappa shape index (κ3) is 3.07. The maximum absolute atomic E-state index is 13.4. The maximum Gasteiger partial charge on any atom is 0.242 e. The predicted molar refractivity (Wildman–Crippen MR) is 67.1 cm³/mol. The summed E-state index contributed by atoms with van der Waals surface area (Å²) in [7, 11) is 0. The molecule has 2 rings (SSSR count). The van der Waals surface area contributed by atoms with E-state index in [1.165, 1.54) is 6.07 Å². The van der Waals surface area contributed by atoms with Crippen LogP contribution < -0.4 is 10.6 Å². The predicted octanol–water partition coefficient (Wildman–Crippen LogP) is 1.48. The lowest BCUT2D eigenvalue weighted by Crippen LogP contribution is -2.41. The van der Waals surface area contributed by atoms with Gasteiger partial charge in [-0.1, -0.05) is 15.9 Å². The number of carbonyl (C=O) groups excluding carboxylic acids is 2. The Hall–Kier alpha value is -1.43. The first-order valence-corrected chi connectivity index (χ1v) is 6.36. The normalized spacial score (nSPS) is 18.6. The van der Waals surface area contributed by atoms with Crippen LogP contribution in [0, 0.1) is 5.82 Å². The number of hydrogen-bond acceptors (Lipinski definition) is 2. The van der Waals surface area contributed by atoms with Crippen LogP contribution in [0.15, 0.2) is 22.7 Å². The Morgan fingerprint density at radius 3 is 3.00 bits per heavy atom. The number of benzene rings is 1. The molecule has 0 saturated carbocycles. The van der Waals surface area contributed by atoms with Crippen molar-refractivity contribution in [1.82, 2.24) is 10.6 Å². The highest BCUT2D eigenvalue weighted by Gasteiger charge is 2.26. The van der Waals surface area contributed by atoms with Crippen molar-refractivity contribution < 1.29 is 14.0 Å². The van der Waals surface area contributed by atoms with Crippen molar-refractivity contribution in [1.29, 1.82) is 0 Å². The van der Waals surface area contributed by atoms with Crippen molar-refractivity contribution in [2.45, 2.75) is 25.4 Å². The van der Waals surface area contributed by atoms with Crippen molar-refractivity contribution in [3.63, 3.8) is 0 Å². The summed E-state index contributed by atoms with van der Waals surface area (Å²) in [5, 5.41) is 5.18. The fraction of sp³-hybridized carbons (Fsp3) is 0.333. The number of halogens is 2. The molecule has 0 bridgehead atoms. The maximum atomic E-state index is 13.4. The molecule has 0 aromatic heterocycles. The van der Waals surface area contributed by atoms with Gasteiger partial charge in [0.05, 0.1) is 0 Å². The van der Waals surface area contributed by atoms with Crippen LogP contribution >= 0.6 is 15.9 Å². The molecule has 1 saturated heterocycles. The fourth-order valence-electron chi connectivity index (χ4n) is 1.80. The van der Waals surface area contributed by atoms with Crippen LogP contribution in [0.2, 0.25) is 0 Å². The third-order valence-electron chi connectivity index (χ3n) is 2.77. The smallest absolute Gasteiger partial charge is 0.242 e. The van der Waals surface area contributed by atoms with Gasteiger partial charge in [-0.05, 0) is 24.6 Å². The molecule has 1 aliphatic heterocycles. The molecule has 1 aliphatic rings. The van der Waals surface area contributed by atoms with Gasteiger partial charge in [-0.25, -0.2) is 4.39 Å². The Balaban J connectivity index is 1.93. The Morgan fingerprint density at radius 1 is 1.56 bits per heavy atom. The number of amides is 2. The summed E-state index contributed by atoms with van der Waals surface area (Å²) in [6.45, 7) is 0.108. The molecular formula is C12H12BrFN2O2. The molecule has 0 spiro atoms. The van der Waals surface area contributed by atoms with Gasteiger partial charge in [-0.3, -0.25) is 9.59 Å². The molecule has 2 amide bonds. The van der Waals surface area contributed by atoms with E-state index < -0.39 is 6.04 Å². The van der Waals surface area contributed by atoms with Crippen LogP contribution in [-0.2, 0) is 16.1 Å². The monoisotopic (exact) mass is 314 g/mol. The number of carbonyl (C=O) groups is 2. The van der Waals surface area contributed by atoms with Crippen LogP contribution in [0.3, 0.4) is 0 Å². The van der Waals surface area contributed by atoms with E-state index in [1.807, 2.05) is 0 Å². The molecule has 18 heavy (non-hydrogen) atoms. The highest BCUT2D eigenvalue weighted by atomic mass is 79.9. The molecule has 2 N–H and O–H groups in total. The van der Waals surface area contributed by atoms with Gasteiger partial charge in [-0.15, -0.1) is 0 Å². The van der Waals surface area contributed by atoms with E-state index in [4.69, 9.17) is 0 Å². The van der Waals surface area contributed by atoms with Gasteiger partial charge in [0.1, 0.15) is 11.9 Å². The molecule has 1 unspecified atom stereocenters. The minimum Gasteiger partial charge on any atom is -0.350 e. The molecular weight excluding hydrogens is 303 g/mol. The van der Waals surface area contributed by atoms with Crippen LogP contribution in [0.1, 0.15) is 18.4 Å².